The van der Waals surface area contributed by atoms with Gasteiger partial charge in [-0.1, -0.05) is 30.3 Å². The van der Waals surface area contributed by atoms with Crippen molar-refractivity contribution in [3.63, 3.8) is 0 Å². The monoisotopic (exact) mass is 278 g/mol. The van der Waals surface area contributed by atoms with Crippen molar-refractivity contribution >= 4 is 16.6 Å². The van der Waals surface area contributed by atoms with Gasteiger partial charge in [0.15, 0.2) is 0 Å². The van der Waals surface area contributed by atoms with Crippen LogP contribution in [0.2, 0.25) is 0 Å². The highest BCUT2D eigenvalue weighted by Gasteiger charge is 2.04. The molecule has 0 aliphatic heterocycles. The smallest absolute Gasteiger partial charge is 0.0501 e. The minimum absolute atomic E-state index is 0.881. The van der Waals surface area contributed by atoms with E-state index in [0.29, 0.717) is 0 Å². The SMILES string of the molecule is Cc1cc2ccn(CCCCc3ccccc3)c2cc1N. The Labute approximate surface area is 126 Å². The Balaban J connectivity index is 1.62. The van der Waals surface area contributed by atoms with E-state index in [1.165, 1.54) is 29.3 Å². The lowest BCUT2D eigenvalue weighted by Crippen LogP contribution is -1.98. The van der Waals surface area contributed by atoms with Crippen LogP contribution in [0.4, 0.5) is 5.69 Å². The third-order valence-corrected chi connectivity index (χ3v) is 4.12. The normalized spacial score (nSPS) is 11.1. The number of hydrogen-bond acceptors (Lipinski definition) is 1. The van der Waals surface area contributed by atoms with Gasteiger partial charge in [0.2, 0.25) is 0 Å². The zero-order valence-corrected chi connectivity index (χ0v) is 12.5. The van der Waals surface area contributed by atoms with E-state index in [2.05, 4.69) is 66.2 Å². The zero-order valence-electron chi connectivity index (χ0n) is 12.5. The first kappa shape index (κ1) is 13.7. The van der Waals surface area contributed by atoms with Gasteiger partial charge >= 0.3 is 0 Å². The Morgan fingerprint density at radius 2 is 1.81 bits per heavy atom. The van der Waals surface area contributed by atoms with E-state index in [1.807, 2.05) is 0 Å². The highest BCUT2D eigenvalue weighted by atomic mass is 14.9. The molecule has 0 amide bonds. The van der Waals surface area contributed by atoms with E-state index in [4.69, 9.17) is 5.73 Å². The van der Waals surface area contributed by atoms with Gasteiger partial charge in [0.25, 0.3) is 0 Å². The standard InChI is InChI=1S/C19H22N2/c1-15-13-17-10-12-21(19(17)14-18(15)20)11-6-5-9-16-7-3-2-4-8-16/h2-4,7-8,10,12-14H,5-6,9,11,20H2,1H3. The van der Waals surface area contributed by atoms with Gasteiger partial charge in [0, 0.05) is 18.4 Å². The van der Waals surface area contributed by atoms with E-state index in [0.717, 1.165) is 24.2 Å². The zero-order chi connectivity index (χ0) is 14.7. The summed E-state index contributed by atoms with van der Waals surface area (Å²) in [6, 6.07) is 17.1. The van der Waals surface area contributed by atoms with E-state index in [-0.39, 0.29) is 0 Å². The van der Waals surface area contributed by atoms with Gasteiger partial charge < -0.3 is 10.3 Å². The second-order valence-corrected chi connectivity index (χ2v) is 5.72. The molecule has 108 valence electrons. The molecule has 2 aromatic carbocycles. The molecule has 1 heterocycles. The Hall–Kier alpha value is -2.22. The number of aromatic nitrogens is 1. The summed E-state index contributed by atoms with van der Waals surface area (Å²) in [6.45, 7) is 3.12. The molecule has 0 spiro atoms. The molecule has 0 bridgehead atoms. The largest absolute Gasteiger partial charge is 0.398 e. The molecule has 3 rings (SSSR count). The van der Waals surface area contributed by atoms with Crippen LogP contribution in [0.5, 0.6) is 0 Å². The lowest BCUT2D eigenvalue weighted by Gasteiger charge is -2.07. The Bertz CT molecular complexity index is 726. The average molecular weight is 278 g/mol. The topological polar surface area (TPSA) is 30.9 Å². The first-order valence-corrected chi connectivity index (χ1v) is 7.63. The summed E-state index contributed by atoms with van der Waals surface area (Å²) in [5, 5.41) is 1.28. The van der Waals surface area contributed by atoms with Gasteiger partial charge in [-0.25, -0.2) is 0 Å². The lowest BCUT2D eigenvalue weighted by molar-refractivity contribution is 0.624. The van der Waals surface area contributed by atoms with E-state index >= 15 is 0 Å². The van der Waals surface area contributed by atoms with Crippen LogP contribution in [-0.2, 0) is 13.0 Å². The van der Waals surface area contributed by atoms with Crippen LogP contribution >= 0.6 is 0 Å². The number of benzene rings is 2. The first-order valence-electron chi connectivity index (χ1n) is 7.63. The van der Waals surface area contributed by atoms with Gasteiger partial charge in [-0.3, -0.25) is 0 Å². The fourth-order valence-electron chi connectivity index (χ4n) is 2.82. The van der Waals surface area contributed by atoms with Crippen molar-refractivity contribution in [2.75, 3.05) is 5.73 Å². The molecule has 0 aliphatic rings. The quantitative estimate of drug-likeness (QED) is 0.538. The van der Waals surface area contributed by atoms with Crippen LogP contribution in [0.25, 0.3) is 10.9 Å². The molecular weight excluding hydrogens is 256 g/mol. The molecule has 0 radical (unpaired) electrons. The number of nitrogens with two attached hydrogens (primary N) is 1. The molecule has 21 heavy (non-hydrogen) atoms. The van der Waals surface area contributed by atoms with Gasteiger partial charge in [-0.05, 0) is 60.9 Å². The molecular formula is C19H22N2. The molecule has 2 heteroatoms. The van der Waals surface area contributed by atoms with Crippen molar-refractivity contribution in [1.82, 2.24) is 4.57 Å². The molecule has 0 saturated heterocycles. The number of fused-ring (bicyclic) bond motifs is 1. The number of nitrogen functional groups attached to an aromatic ring is 1. The van der Waals surface area contributed by atoms with Crippen molar-refractivity contribution in [2.45, 2.75) is 32.7 Å². The summed E-state index contributed by atoms with van der Waals surface area (Å²) < 4.78 is 2.32. The fourth-order valence-corrected chi connectivity index (χ4v) is 2.82. The molecule has 2 nitrogen and oxygen atoms in total. The summed E-state index contributed by atoms with van der Waals surface area (Å²) in [4.78, 5) is 0. The summed E-state index contributed by atoms with van der Waals surface area (Å²) >= 11 is 0. The Morgan fingerprint density at radius 3 is 2.62 bits per heavy atom. The summed E-state index contributed by atoms with van der Waals surface area (Å²) in [5.74, 6) is 0. The van der Waals surface area contributed by atoms with Crippen molar-refractivity contribution < 1.29 is 0 Å². The maximum Gasteiger partial charge on any atom is 0.0501 e. The minimum atomic E-state index is 0.881. The van der Waals surface area contributed by atoms with Crippen LogP contribution in [0, 0.1) is 6.92 Å². The fraction of sp³-hybridized carbons (Fsp3) is 0.263. The molecule has 1 aromatic heterocycles. The van der Waals surface area contributed by atoms with Crippen LogP contribution in [0.3, 0.4) is 0 Å². The van der Waals surface area contributed by atoms with Crippen molar-refractivity contribution in [2.24, 2.45) is 0 Å². The second kappa shape index (κ2) is 6.04. The van der Waals surface area contributed by atoms with Crippen LogP contribution in [0.1, 0.15) is 24.0 Å². The van der Waals surface area contributed by atoms with E-state index < -0.39 is 0 Å². The predicted octanol–water partition coefficient (Wildman–Crippen LogP) is 4.55. The van der Waals surface area contributed by atoms with Gasteiger partial charge in [0.05, 0.1) is 5.52 Å². The molecule has 0 saturated carbocycles. The van der Waals surface area contributed by atoms with Crippen LogP contribution in [0.15, 0.2) is 54.7 Å². The molecule has 0 fully saturated rings. The number of anilines is 1. The molecule has 0 atom stereocenters. The van der Waals surface area contributed by atoms with Crippen molar-refractivity contribution in [3.05, 3.63) is 65.9 Å². The van der Waals surface area contributed by atoms with Crippen LogP contribution < -0.4 is 5.73 Å². The summed E-state index contributed by atoms with van der Waals surface area (Å²) in [6.07, 6.45) is 5.73. The Kier molecular flexibility index (Phi) is 3.96. The molecule has 2 N–H and O–H groups in total. The second-order valence-electron chi connectivity index (χ2n) is 5.72. The summed E-state index contributed by atoms with van der Waals surface area (Å²) in [5.41, 5.74) is 10.7. The molecule has 0 aliphatic carbocycles. The first-order chi connectivity index (χ1) is 10.2. The number of unbranched alkanes of at least 4 members (excludes halogenated alkanes) is 1. The summed E-state index contributed by atoms with van der Waals surface area (Å²) in [7, 11) is 0. The Morgan fingerprint density at radius 1 is 1.00 bits per heavy atom. The predicted molar refractivity (Wildman–Crippen MR) is 90.5 cm³/mol. The van der Waals surface area contributed by atoms with Gasteiger partial charge in [0.1, 0.15) is 0 Å². The number of rotatable bonds is 5. The van der Waals surface area contributed by atoms with Gasteiger partial charge in [-0.2, -0.15) is 0 Å². The minimum Gasteiger partial charge on any atom is -0.398 e. The lowest BCUT2D eigenvalue weighted by atomic mass is 10.1. The maximum absolute atomic E-state index is 6.03. The van der Waals surface area contributed by atoms with E-state index in [9.17, 15) is 0 Å². The third-order valence-electron chi connectivity index (χ3n) is 4.12. The highest BCUT2D eigenvalue weighted by Crippen LogP contribution is 2.23. The number of aryl methyl sites for hydroxylation is 3. The number of hydrogen-bond donors (Lipinski definition) is 1. The third kappa shape index (κ3) is 3.10. The van der Waals surface area contributed by atoms with E-state index in [1.54, 1.807) is 0 Å². The van der Waals surface area contributed by atoms with Crippen molar-refractivity contribution in [3.8, 4) is 0 Å². The highest BCUT2D eigenvalue weighted by molar-refractivity contribution is 5.84. The number of nitrogens with zero attached hydrogens (tertiary/aromatic N) is 1. The van der Waals surface area contributed by atoms with Gasteiger partial charge in [-0.15, -0.1) is 0 Å². The maximum atomic E-state index is 6.03. The molecule has 3 aromatic rings. The molecule has 0 unspecified atom stereocenters. The average Bonchev–Trinajstić information content (AvgIpc) is 2.87. The van der Waals surface area contributed by atoms with Crippen molar-refractivity contribution in [1.29, 1.82) is 0 Å². The van der Waals surface area contributed by atoms with Crippen LogP contribution in [-0.4, -0.2) is 4.57 Å².